The fourth-order valence-electron chi connectivity index (χ4n) is 3.42. The molecule has 0 unspecified atom stereocenters. The maximum atomic E-state index is 6.14. The first-order valence-corrected chi connectivity index (χ1v) is 16.5. The van der Waals surface area contributed by atoms with Crippen LogP contribution in [0.2, 0.25) is 26.2 Å². The minimum atomic E-state index is -1.48. The van der Waals surface area contributed by atoms with Crippen molar-refractivity contribution in [3.8, 4) is 0 Å². The van der Waals surface area contributed by atoms with E-state index in [9.17, 15) is 0 Å². The molecule has 2 aliphatic carbocycles. The Bertz CT molecular complexity index is 605. The van der Waals surface area contributed by atoms with Crippen LogP contribution in [0.3, 0.4) is 0 Å². The number of allylic oxidation sites excluding steroid dienone is 8. The summed E-state index contributed by atoms with van der Waals surface area (Å²) < 4.78 is 13.2. The first kappa shape index (κ1) is 21.0. The van der Waals surface area contributed by atoms with Crippen molar-refractivity contribution in [1.82, 2.24) is 0 Å². The van der Waals surface area contributed by atoms with E-state index in [4.69, 9.17) is 9.47 Å². The predicted molar refractivity (Wildman–Crippen MR) is 108 cm³/mol. The van der Waals surface area contributed by atoms with Crippen LogP contribution in [0.5, 0.6) is 0 Å². The van der Waals surface area contributed by atoms with Gasteiger partial charge in [0.15, 0.2) is 0 Å². The van der Waals surface area contributed by atoms with Crippen LogP contribution in [-0.2, 0) is 33.7 Å². The van der Waals surface area contributed by atoms with Crippen LogP contribution in [-0.4, -0.2) is 33.5 Å². The summed E-state index contributed by atoms with van der Waals surface area (Å²) in [6.45, 7) is 9.76. The van der Waals surface area contributed by atoms with Gasteiger partial charge in [0.05, 0.1) is 0 Å². The summed E-state index contributed by atoms with van der Waals surface area (Å²) in [6, 6.07) is 0. The summed E-state index contributed by atoms with van der Waals surface area (Å²) in [5.74, 6) is 1.59. The van der Waals surface area contributed by atoms with Crippen LogP contribution in [0.4, 0.5) is 0 Å². The van der Waals surface area contributed by atoms with Crippen molar-refractivity contribution in [2.24, 2.45) is 17.3 Å². The molecule has 0 heterocycles. The van der Waals surface area contributed by atoms with E-state index in [1.54, 1.807) is 7.11 Å². The zero-order valence-corrected chi connectivity index (χ0v) is 20.6. The molecular weight excluding hydrogens is 420 g/mol. The molecule has 2 rings (SSSR count). The summed E-state index contributed by atoms with van der Waals surface area (Å²) >= 11 is 1.30. The second kappa shape index (κ2) is 8.56. The van der Waals surface area contributed by atoms with Crippen molar-refractivity contribution in [1.29, 1.82) is 0 Å². The first-order valence-electron chi connectivity index (χ1n) is 8.71. The fourth-order valence-corrected chi connectivity index (χ4v) is 7.11. The van der Waals surface area contributed by atoms with Crippen molar-refractivity contribution in [2.45, 2.75) is 26.2 Å². The monoisotopic (exact) mass is 447 g/mol. The molecule has 0 aromatic rings. The Balaban J connectivity index is 2.71. The van der Waals surface area contributed by atoms with Gasteiger partial charge in [-0.2, -0.15) is 0 Å². The van der Waals surface area contributed by atoms with Gasteiger partial charge in [0.1, 0.15) is 0 Å². The van der Waals surface area contributed by atoms with Crippen molar-refractivity contribution in [3.63, 3.8) is 0 Å². The molecule has 0 saturated carbocycles. The van der Waals surface area contributed by atoms with Crippen molar-refractivity contribution >= 4 is 19.3 Å². The Labute approximate surface area is 170 Å². The molecule has 1 radical (unpaired) electrons. The average molecular weight is 449 g/mol. The number of methoxy groups -OCH3 is 2. The Morgan fingerprint density at radius 3 is 1.72 bits per heavy atom. The standard InChI is InChI=1S/C20H29O2Si2.Zr/c1-21-16-20(17-11-7-8-12-17,18-13-9-10-14-18)19(22-2)15-24(5,6)23(3)4;/h7-15,17-18H,1-6H3;. The average Bonchev–Trinajstić information content (AvgIpc) is 3.28. The molecule has 25 heavy (non-hydrogen) atoms. The second-order valence-electron chi connectivity index (χ2n) is 7.43. The van der Waals surface area contributed by atoms with Gasteiger partial charge >= 0.3 is 171 Å². The van der Waals surface area contributed by atoms with Crippen molar-refractivity contribution < 1.29 is 33.7 Å². The maximum absolute atomic E-state index is 6.14. The summed E-state index contributed by atoms with van der Waals surface area (Å²) in [6.07, 6.45) is 17.7. The Kier molecular flexibility index (Phi) is 7.17. The number of rotatable bonds is 8. The predicted octanol–water partition coefficient (Wildman–Crippen LogP) is 4.39. The van der Waals surface area contributed by atoms with Crippen LogP contribution in [0.25, 0.3) is 0 Å². The van der Waals surface area contributed by atoms with E-state index in [2.05, 4.69) is 80.5 Å². The van der Waals surface area contributed by atoms with E-state index in [1.165, 1.54) is 24.2 Å². The molecule has 2 nitrogen and oxygen atoms in total. The molecule has 0 amide bonds. The zero-order chi connectivity index (χ0) is 18.7. The van der Waals surface area contributed by atoms with Gasteiger partial charge in [-0.05, 0) is 0 Å². The molecule has 5 heteroatoms. The Hall–Kier alpha value is -0.353. The molecule has 0 fully saturated rings. The third kappa shape index (κ3) is 4.00. The molecule has 0 atom stereocenters. The van der Waals surface area contributed by atoms with Gasteiger partial charge in [-0.15, -0.1) is 0 Å². The molecule has 0 bridgehead atoms. The summed E-state index contributed by atoms with van der Waals surface area (Å²) in [5.41, 5.74) is 2.21. The van der Waals surface area contributed by atoms with E-state index in [-0.39, 0.29) is 25.6 Å². The third-order valence-corrected chi connectivity index (χ3v) is 18.8. The summed E-state index contributed by atoms with van der Waals surface area (Å²) in [7, 11) is 1.77. The third-order valence-electron chi connectivity index (χ3n) is 5.54. The molecule has 0 spiro atoms. The topological polar surface area (TPSA) is 18.5 Å². The van der Waals surface area contributed by atoms with E-state index >= 15 is 0 Å². The van der Waals surface area contributed by atoms with Gasteiger partial charge < -0.3 is 0 Å². The van der Waals surface area contributed by atoms with E-state index in [0.29, 0.717) is 0 Å². The zero-order valence-electron chi connectivity index (χ0n) is 16.2. The molecule has 0 N–H and O–H groups in total. The normalized spacial score (nSPS) is 18.7. The quantitative estimate of drug-likeness (QED) is 0.405. The molecule has 0 aromatic heterocycles. The first-order chi connectivity index (χ1) is 11.8. The van der Waals surface area contributed by atoms with E-state index in [0.717, 1.165) is 9.15 Å². The van der Waals surface area contributed by atoms with Crippen molar-refractivity contribution in [3.05, 3.63) is 60.1 Å². The van der Waals surface area contributed by atoms with Gasteiger partial charge in [0.25, 0.3) is 0 Å². The summed E-state index contributed by atoms with van der Waals surface area (Å²) in [5, 5.41) is 0. The van der Waals surface area contributed by atoms with Crippen LogP contribution in [0.1, 0.15) is 0 Å². The SMILES string of the molecule is CO[C](=[Zr])C(C(=C[Si](C)(C)[Si](C)C)OC)(C1C=CC=C1)C1C=CC=C1. The van der Waals surface area contributed by atoms with Gasteiger partial charge in [-0.25, -0.2) is 0 Å². The van der Waals surface area contributed by atoms with Gasteiger partial charge in [-0.1, -0.05) is 0 Å². The van der Waals surface area contributed by atoms with Gasteiger partial charge in [-0.3, -0.25) is 0 Å². The van der Waals surface area contributed by atoms with E-state index < -0.39 is 7.59 Å². The Morgan fingerprint density at radius 1 is 0.960 bits per heavy atom. The molecule has 133 valence electrons. The second-order valence-corrected chi connectivity index (χ2v) is 21.1. The minimum absolute atomic E-state index is 0.250. The van der Waals surface area contributed by atoms with Crippen LogP contribution in [0, 0.1) is 17.3 Å². The Morgan fingerprint density at radius 2 is 1.40 bits per heavy atom. The van der Waals surface area contributed by atoms with Gasteiger partial charge in [0.2, 0.25) is 0 Å². The number of hydrogen-bond acceptors (Lipinski definition) is 2. The molecule has 0 saturated heterocycles. The van der Waals surface area contributed by atoms with Crippen LogP contribution in [0.15, 0.2) is 60.1 Å². The molecular formula is C20H29O2Si2Zr. The summed E-state index contributed by atoms with van der Waals surface area (Å²) in [4.78, 5) is 0. The molecule has 0 aromatic carbocycles. The molecule has 0 aliphatic heterocycles. The molecule has 2 aliphatic rings. The number of hydrogen-bond donors (Lipinski definition) is 0. The fraction of sp³-hybridized carbons (Fsp3) is 0.450. The van der Waals surface area contributed by atoms with Gasteiger partial charge in [0, 0.05) is 0 Å². The van der Waals surface area contributed by atoms with Crippen LogP contribution < -0.4 is 0 Å². The number of ether oxygens (including phenoxy) is 2. The van der Waals surface area contributed by atoms with E-state index in [1.807, 2.05) is 7.11 Å². The van der Waals surface area contributed by atoms with Crippen molar-refractivity contribution in [2.75, 3.05) is 14.2 Å². The van der Waals surface area contributed by atoms with Crippen LogP contribution >= 0.6 is 0 Å².